The molecule has 1 atom stereocenters. The predicted molar refractivity (Wildman–Crippen MR) is 124 cm³/mol. The van der Waals surface area contributed by atoms with Gasteiger partial charge in [-0.2, -0.15) is 0 Å². The van der Waals surface area contributed by atoms with Crippen LogP contribution in [0.5, 0.6) is 0 Å². The van der Waals surface area contributed by atoms with Crippen LogP contribution in [0.2, 0.25) is 0 Å². The van der Waals surface area contributed by atoms with Gasteiger partial charge >= 0.3 is 0 Å². The Balaban J connectivity index is 1.52. The highest BCUT2D eigenvalue weighted by atomic mass is 32.2. The van der Waals surface area contributed by atoms with Crippen LogP contribution in [0.15, 0.2) is 59.5 Å². The SMILES string of the molecule is O=C(Nc1ccc(S(=O)(=O)C2CCCC2)cc1)C(c1ccccc1)N1CCS(=O)(=O)CC1. The van der Waals surface area contributed by atoms with Crippen molar-refractivity contribution in [1.29, 1.82) is 0 Å². The Bertz CT molecular complexity index is 1140. The van der Waals surface area contributed by atoms with Crippen LogP contribution in [-0.2, 0) is 24.5 Å². The predicted octanol–water partition coefficient (Wildman–Crippen LogP) is 2.81. The third kappa shape index (κ3) is 5.05. The summed E-state index contributed by atoms with van der Waals surface area (Å²) in [5.74, 6) is -0.226. The number of rotatable bonds is 6. The number of hydrogen-bond donors (Lipinski definition) is 1. The zero-order valence-corrected chi connectivity index (χ0v) is 19.4. The van der Waals surface area contributed by atoms with Gasteiger partial charge in [-0.25, -0.2) is 16.8 Å². The third-order valence-electron chi connectivity index (χ3n) is 6.30. The fourth-order valence-corrected chi connectivity index (χ4v) is 7.56. The number of carbonyl (C=O) groups is 1. The van der Waals surface area contributed by atoms with E-state index in [1.54, 1.807) is 24.3 Å². The van der Waals surface area contributed by atoms with Crippen molar-refractivity contribution in [2.75, 3.05) is 29.9 Å². The first-order valence-electron chi connectivity index (χ1n) is 10.9. The number of anilines is 1. The summed E-state index contributed by atoms with van der Waals surface area (Å²) in [6, 6.07) is 15.0. The number of hydrogen-bond acceptors (Lipinski definition) is 6. The van der Waals surface area contributed by atoms with Gasteiger partial charge in [0.15, 0.2) is 19.7 Å². The van der Waals surface area contributed by atoms with Crippen molar-refractivity contribution in [2.45, 2.75) is 41.9 Å². The van der Waals surface area contributed by atoms with Gasteiger partial charge in [0.05, 0.1) is 21.7 Å². The van der Waals surface area contributed by atoms with Crippen LogP contribution in [0.3, 0.4) is 0 Å². The fraction of sp³-hybridized carbons (Fsp3) is 0.435. The first-order valence-corrected chi connectivity index (χ1v) is 14.3. The number of sulfone groups is 2. The quantitative estimate of drug-likeness (QED) is 0.688. The summed E-state index contributed by atoms with van der Waals surface area (Å²) in [5.41, 5.74) is 1.29. The number of nitrogens with zero attached hydrogens (tertiary/aromatic N) is 1. The molecule has 4 rings (SSSR count). The molecule has 0 bridgehead atoms. The summed E-state index contributed by atoms with van der Waals surface area (Å²) in [6.07, 6.45) is 3.28. The second-order valence-electron chi connectivity index (χ2n) is 8.47. The van der Waals surface area contributed by atoms with E-state index in [-0.39, 0.29) is 40.6 Å². The second-order valence-corrected chi connectivity index (χ2v) is 13.0. The van der Waals surface area contributed by atoms with E-state index in [9.17, 15) is 21.6 Å². The average molecular weight is 477 g/mol. The highest BCUT2D eigenvalue weighted by Crippen LogP contribution is 2.30. The molecule has 7 nitrogen and oxygen atoms in total. The monoisotopic (exact) mass is 476 g/mol. The summed E-state index contributed by atoms with van der Waals surface area (Å²) in [6.45, 7) is 0.571. The standard InChI is InChI=1S/C23H28N2O5S2/c26-23(22(18-6-2-1-3-7-18)25-14-16-31(27,28)17-15-25)24-19-10-12-21(13-11-19)32(29,30)20-8-4-5-9-20/h1-3,6-7,10-13,20,22H,4-5,8-9,14-17H2,(H,24,26). The Labute approximate surface area is 189 Å². The van der Waals surface area contributed by atoms with Gasteiger partial charge in [-0.15, -0.1) is 0 Å². The molecule has 0 aromatic heterocycles. The molecule has 32 heavy (non-hydrogen) atoms. The smallest absolute Gasteiger partial charge is 0.246 e. The van der Waals surface area contributed by atoms with Crippen LogP contribution < -0.4 is 5.32 Å². The lowest BCUT2D eigenvalue weighted by molar-refractivity contribution is -0.121. The summed E-state index contributed by atoms with van der Waals surface area (Å²) < 4.78 is 49.3. The van der Waals surface area contributed by atoms with Crippen LogP contribution in [0.4, 0.5) is 5.69 Å². The minimum absolute atomic E-state index is 0.0251. The van der Waals surface area contributed by atoms with Gasteiger partial charge in [0.1, 0.15) is 6.04 Å². The molecule has 1 unspecified atom stereocenters. The lowest BCUT2D eigenvalue weighted by Crippen LogP contribution is -2.46. The van der Waals surface area contributed by atoms with Gasteiger partial charge in [0, 0.05) is 18.8 Å². The van der Waals surface area contributed by atoms with Crippen molar-refractivity contribution in [1.82, 2.24) is 4.90 Å². The minimum Gasteiger partial charge on any atom is -0.324 e. The van der Waals surface area contributed by atoms with Gasteiger partial charge in [0.25, 0.3) is 0 Å². The van der Waals surface area contributed by atoms with E-state index < -0.39 is 25.7 Å². The third-order valence-corrected chi connectivity index (χ3v) is 10.2. The fourth-order valence-electron chi connectivity index (χ4n) is 4.48. The number of amides is 1. The molecular formula is C23H28N2O5S2. The molecule has 1 saturated carbocycles. The first kappa shape index (κ1) is 22.9. The Morgan fingerprint density at radius 3 is 2.12 bits per heavy atom. The first-order chi connectivity index (χ1) is 15.3. The molecule has 1 amide bonds. The topological polar surface area (TPSA) is 101 Å². The number of carbonyl (C=O) groups excluding carboxylic acids is 1. The Hall–Kier alpha value is -2.23. The Morgan fingerprint density at radius 2 is 1.53 bits per heavy atom. The van der Waals surface area contributed by atoms with Gasteiger partial charge in [-0.05, 0) is 42.7 Å². The lowest BCUT2D eigenvalue weighted by Gasteiger charge is -2.33. The van der Waals surface area contributed by atoms with Gasteiger partial charge in [-0.3, -0.25) is 9.69 Å². The van der Waals surface area contributed by atoms with Crippen LogP contribution in [0, 0.1) is 0 Å². The van der Waals surface area contributed by atoms with Crippen molar-refractivity contribution in [3.63, 3.8) is 0 Å². The van der Waals surface area contributed by atoms with Crippen molar-refractivity contribution in [2.24, 2.45) is 0 Å². The number of nitrogens with one attached hydrogen (secondary N) is 1. The molecule has 2 aliphatic rings. The van der Waals surface area contributed by atoms with Crippen LogP contribution in [0.1, 0.15) is 37.3 Å². The van der Waals surface area contributed by atoms with Crippen molar-refractivity contribution in [3.8, 4) is 0 Å². The maximum atomic E-state index is 13.2. The van der Waals surface area contributed by atoms with Crippen LogP contribution in [0.25, 0.3) is 0 Å². The molecular weight excluding hydrogens is 448 g/mol. The van der Waals surface area contributed by atoms with E-state index in [1.165, 1.54) is 0 Å². The molecule has 1 N–H and O–H groups in total. The highest BCUT2D eigenvalue weighted by Gasteiger charge is 2.33. The average Bonchev–Trinajstić information content (AvgIpc) is 3.32. The number of benzene rings is 2. The molecule has 1 aliphatic heterocycles. The molecule has 1 heterocycles. The highest BCUT2D eigenvalue weighted by molar-refractivity contribution is 7.92. The molecule has 1 aliphatic carbocycles. The molecule has 9 heteroatoms. The van der Waals surface area contributed by atoms with Crippen molar-refractivity contribution in [3.05, 3.63) is 60.2 Å². The van der Waals surface area contributed by atoms with Gasteiger partial charge in [-0.1, -0.05) is 43.2 Å². The zero-order chi connectivity index (χ0) is 22.8. The summed E-state index contributed by atoms with van der Waals surface area (Å²) in [5, 5.41) is 2.56. The zero-order valence-electron chi connectivity index (χ0n) is 17.8. The van der Waals surface area contributed by atoms with E-state index >= 15 is 0 Å². The molecule has 2 fully saturated rings. The lowest BCUT2D eigenvalue weighted by atomic mass is 10.0. The summed E-state index contributed by atoms with van der Waals surface area (Å²) in [4.78, 5) is 15.4. The maximum Gasteiger partial charge on any atom is 0.246 e. The molecule has 2 aromatic carbocycles. The van der Waals surface area contributed by atoms with Gasteiger partial charge in [0.2, 0.25) is 5.91 Å². The largest absolute Gasteiger partial charge is 0.324 e. The van der Waals surface area contributed by atoms with Crippen molar-refractivity contribution >= 4 is 31.3 Å². The molecule has 2 aromatic rings. The van der Waals surface area contributed by atoms with Crippen LogP contribution in [-0.4, -0.2) is 57.5 Å². The van der Waals surface area contributed by atoms with E-state index in [4.69, 9.17) is 0 Å². The van der Waals surface area contributed by atoms with Crippen molar-refractivity contribution < 1.29 is 21.6 Å². The van der Waals surface area contributed by atoms with Gasteiger partial charge < -0.3 is 5.32 Å². The van der Waals surface area contributed by atoms with E-state index in [0.717, 1.165) is 18.4 Å². The summed E-state index contributed by atoms with van der Waals surface area (Å²) in [7, 11) is -6.42. The maximum absolute atomic E-state index is 13.2. The molecule has 1 saturated heterocycles. The van der Waals surface area contributed by atoms with E-state index in [0.29, 0.717) is 18.5 Å². The van der Waals surface area contributed by atoms with Crippen LogP contribution >= 0.6 is 0 Å². The minimum atomic E-state index is -3.35. The second kappa shape index (κ2) is 9.33. The Kier molecular flexibility index (Phi) is 6.69. The molecule has 172 valence electrons. The summed E-state index contributed by atoms with van der Waals surface area (Å²) >= 11 is 0. The van der Waals surface area contributed by atoms with E-state index in [2.05, 4.69) is 5.32 Å². The normalized spacial score (nSPS) is 20.6. The molecule has 0 radical (unpaired) electrons. The molecule has 0 spiro atoms. The Morgan fingerprint density at radius 1 is 0.938 bits per heavy atom. The van der Waals surface area contributed by atoms with E-state index in [1.807, 2.05) is 35.2 Å².